The van der Waals surface area contributed by atoms with Crippen molar-refractivity contribution in [2.24, 2.45) is 10.1 Å². The summed E-state index contributed by atoms with van der Waals surface area (Å²) < 4.78 is 0. The van der Waals surface area contributed by atoms with Crippen LogP contribution in [0, 0.1) is 13.8 Å². The van der Waals surface area contributed by atoms with Gasteiger partial charge in [-0.3, -0.25) is 0 Å². The number of oxime groups is 1. The van der Waals surface area contributed by atoms with Gasteiger partial charge in [0, 0.05) is 19.2 Å². The maximum atomic E-state index is 5.69. The minimum Gasteiger partial charge on any atom is -0.392 e. The first-order valence-electron chi connectivity index (χ1n) is 8.57. The van der Waals surface area contributed by atoms with Crippen molar-refractivity contribution < 1.29 is 4.84 Å². The number of aryl methyl sites for hydroxylation is 2. The van der Waals surface area contributed by atoms with Crippen LogP contribution in [0.15, 0.2) is 22.3 Å². The van der Waals surface area contributed by atoms with Gasteiger partial charge in [-0.05, 0) is 76.6 Å². The molecule has 23 heavy (non-hydrogen) atoms. The summed E-state index contributed by atoms with van der Waals surface area (Å²) in [6.45, 7) is 9.27. The lowest BCUT2D eigenvalue weighted by Gasteiger charge is -2.12. The Morgan fingerprint density at radius 3 is 2.61 bits per heavy atom. The molecule has 1 aromatic carbocycles. The van der Waals surface area contributed by atoms with Crippen molar-refractivity contribution in [1.82, 2.24) is 4.90 Å². The Kier molecular flexibility index (Phi) is 6.20. The van der Waals surface area contributed by atoms with Crippen LogP contribution >= 0.6 is 0 Å². The Morgan fingerprint density at radius 1 is 1.26 bits per heavy atom. The van der Waals surface area contributed by atoms with E-state index in [1.54, 1.807) is 0 Å². The predicted molar refractivity (Wildman–Crippen MR) is 97.9 cm³/mol. The Bertz CT molecular complexity index is 587. The molecule has 0 aliphatic heterocycles. The Hall–Kier alpha value is -1.84. The van der Waals surface area contributed by atoms with Gasteiger partial charge in [-0.2, -0.15) is 0 Å². The van der Waals surface area contributed by atoms with Crippen molar-refractivity contribution >= 4 is 17.7 Å². The first kappa shape index (κ1) is 17.5. The van der Waals surface area contributed by atoms with Crippen LogP contribution in [0.1, 0.15) is 56.2 Å². The summed E-state index contributed by atoms with van der Waals surface area (Å²) >= 11 is 0. The van der Waals surface area contributed by atoms with Gasteiger partial charge in [0.1, 0.15) is 6.10 Å². The average Bonchev–Trinajstić information content (AvgIpc) is 3.06. The summed E-state index contributed by atoms with van der Waals surface area (Å²) in [5.74, 6) is 0. The quantitative estimate of drug-likeness (QED) is 0.437. The van der Waals surface area contributed by atoms with Crippen LogP contribution in [0.25, 0.3) is 0 Å². The molecule has 0 radical (unpaired) electrons. The fraction of sp³-hybridized carbons (Fsp3) is 0.579. The van der Waals surface area contributed by atoms with Gasteiger partial charge in [-0.15, -0.1) is 0 Å². The van der Waals surface area contributed by atoms with Gasteiger partial charge >= 0.3 is 0 Å². The summed E-state index contributed by atoms with van der Waals surface area (Å²) in [4.78, 5) is 12.3. The second-order valence-electron chi connectivity index (χ2n) is 6.46. The molecular weight excluding hydrogens is 286 g/mol. The van der Waals surface area contributed by atoms with Crippen LogP contribution in [-0.2, 0) is 4.84 Å². The first-order chi connectivity index (χ1) is 11.0. The van der Waals surface area contributed by atoms with Crippen molar-refractivity contribution in [2.75, 3.05) is 13.6 Å². The minimum absolute atomic E-state index is 0.305. The van der Waals surface area contributed by atoms with Crippen molar-refractivity contribution in [2.45, 2.75) is 59.5 Å². The summed E-state index contributed by atoms with van der Waals surface area (Å²) in [6.07, 6.45) is 6.97. The summed E-state index contributed by atoms with van der Waals surface area (Å²) in [6, 6.07) is 4.28. The van der Waals surface area contributed by atoms with Gasteiger partial charge in [-0.1, -0.05) is 5.16 Å². The van der Waals surface area contributed by atoms with E-state index in [1.807, 2.05) is 20.3 Å². The Balaban J connectivity index is 2.14. The number of hydrogen-bond acceptors (Lipinski definition) is 3. The molecule has 0 saturated heterocycles. The topological polar surface area (TPSA) is 37.2 Å². The standard InChI is InChI=1S/C19H29N3O/c1-6-22(5)13-20-19-12-14(2)18(11-15(19)3)16(4)21-23-17-9-7-8-10-17/h11-13,17H,6-10H2,1-5H3/b20-13?,21-16+. The normalized spacial score (nSPS) is 16.3. The number of benzene rings is 1. The van der Waals surface area contributed by atoms with E-state index in [4.69, 9.17) is 4.84 Å². The van der Waals surface area contributed by atoms with Crippen molar-refractivity contribution in [1.29, 1.82) is 0 Å². The molecule has 1 aliphatic rings. The maximum absolute atomic E-state index is 5.69. The third-order valence-corrected chi connectivity index (χ3v) is 4.47. The lowest BCUT2D eigenvalue weighted by molar-refractivity contribution is 0.0645. The molecule has 1 fully saturated rings. The first-order valence-corrected chi connectivity index (χ1v) is 8.57. The van der Waals surface area contributed by atoms with Crippen LogP contribution in [0.5, 0.6) is 0 Å². The molecular formula is C19H29N3O. The second kappa shape index (κ2) is 8.14. The summed E-state index contributed by atoms with van der Waals surface area (Å²) in [5, 5.41) is 4.37. The Morgan fingerprint density at radius 2 is 1.96 bits per heavy atom. The van der Waals surface area contributed by atoms with E-state index in [-0.39, 0.29) is 0 Å². The van der Waals surface area contributed by atoms with Crippen LogP contribution in [-0.4, -0.2) is 36.6 Å². The van der Waals surface area contributed by atoms with E-state index < -0.39 is 0 Å². The number of nitrogens with zero attached hydrogens (tertiary/aromatic N) is 3. The maximum Gasteiger partial charge on any atom is 0.127 e. The predicted octanol–water partition coefficient (Wildman–Crippen LogP) is 4.60. The summed E-state index contributed by atoms with van der Waals surface area (Å²) in [7, 11) is 2.03. The molecule has 0 spiro atoms. The molecule has 1 aliphatic carbocycles. The zero-order valence-electron chi connectivity index (χ0n) is 15.1. The molecule has 4 heteroatoms. The van der Waals surface area contributed by atoms with Crippen LogP contribution < -0.4 is 0 Å². The molecule has 126 valence electrons. The van der Waals surface area contributed by atoms with Crippen molar-refractivity contribution in [3.8, 4) is 0 Å². The zero-order valence-corrected chi connectivity index (χ0v) is 15.1. The number of rotatable bonds is 6. The molecule has 1 aromatic rings. The highest BCUT2D eigenvalue weighted by molar-refractivity contribution is 6.00. The molecule has 0 unspecified atom stereocenters. The monoisotopic (exact) mass is 315 g/mol. The van der Waals surface area contributed by atoms with Crippen LogP contribution in [0.4, 0.5) is 5.69 Å². The SMILES string of the molecule is CCN(C)C=Nc1cc(C)c(/C(C)=N/OC2CCCC2)cc1C. The zero-order chi connectivity index (χ0) is 16.8. The molecule has 0 aromatic heterocycles. The van der Waals surface area contributed by atoms with Gasteiger partial charge in [0.25, 0.3) is 0 Å². The van der Waals surface area contributed by atoms with Crippen molar-refractivity contribution in [3.63, 3.8) is 0 Å². The third-order valence-electron chi connectivity index (χ3n) is 4.47. The average molecular weight is 315 g/mol. The highest BCUT2D eigenvalue weighted by Gasteiger charge is 2.16. The molecule has 0 heterocycles. The highest BCUT2D eigenvalue weighted by atomic mass is 16.6. The van der Waals surface area contributed by atoms with Crippen LogP contribution in [0.3, 0.4) is 0 Å². The summed E-state index contributed by atoms with van der Waals surface area (Å²) in [5.41, 5.74) is 5.43. The van der Waals surface area contributed by atoms with Gasteiger partial charge < -0.3 is 9.74 Å². The van der Waals surface area contributed by atoms with Gasteiger partial charge in [0.05, 0.1) is 17.7 Å². The van der Waals surface area contributed by atoms with Gasteiger partial charge in [0.2, 0.25) is 0 Å². The lowest BCUT2D eigenvalue weighted by Crippen LogP contribution is -2.14. The highest BCUT2D eigenvalue weighted by Crippen LogP contribution is 2.25. The van der Waals surface area contributed by atoms with E-state index in [2.05, 4.69) is 48.0 Å². The minimum atomic E-state index is 0.305. The van der Waals surface area contributed by atoms with E-state index in [9.17, 15) is 0 Å². The van der Waals surface area contributed by atoms with E-state index in [0.29, 0.717) is 6.10 Å². The van der Waals surface area contributed by atoms with E-state index in [1.165, 1.54) is 18.4 Å². The molecule has 4 nitrogen and oxygen atoms in total. The molecule has 0 N–H and O–H groups in total. The van der Waals surface area contributed by atoms with Crippen molar-refractivity contribution in [3.05, 3.63) is 28.8 Å². The third kappa shape index (κ3) is 4.81. The van der Waals surface area contributed by atoms with E-state index in [0.717, 1.165) is 41.9 Å². The number of aliphatic imine (C=N–C) groups is 1. The van der Waals surface area contributed by atoms with Gasteiger partial charge in [-0.25, -0.2) is 4.99 Å². The number of hydrogen-bond donors (Lipinski definition) is 0. The smallest absolute Gasteiger partial charge is 0.127 e. The largest absolute Gasteiger partial charge is 0.392 e. The van der Waals surface area contributed by atoms with Gasteiger partial charge in [0.15, 0.2) is 0 Å². The molecule has 0 amide bonds. The molecule has 2 rings (SSSR count). The fourth-order valence-corrected chi connectivity index (χ4v) is 2.77. The molecule has 1 saturated carbocycles. The van der Waals surface area contributed by atoms with Crippen LogP contribution in [0.2, 0.25) is 0 Å². The Labute approximate surface area is 140 Å². The second-order valence-corrected chi connectivity index (χ2v) is 6.46. The van der Waals surface area contributed by atoms with E-state index >= 15 is 0 Å². The molecule has 0 atom stereocenters. The molecule has 0 bridgehead atoms. The lowest BCUT2D eigenvalue weighted by atomic mass is 10.0. The fourth-order valence-electron chi connectivity index (χ4n) is 2.77.